The second-order valence-corrected chi connectivity index (χ2v) is 6.89. The van der Waals surface area contributed by atoms with Gasteiger partial charge in [-0.15, -0.1) is 0 Å². The molecule has 136 valence electrons. The molecule has 24 heavy (non-hydrogen) atoms. The number of β-amino-alcohol motifs (C(OH)–C–C–N with tert-alkyl or cyclic N) is 1. The van der Waals surface area contributed by atoms with Gasteiger partial charge in [-0.25, -0.2) is 4.98 Å². The van der Waals surface area contributed by atoms with E-state index >= 15 is 0 Å². The molecule has 1 atom stereocenters. The lowest BCUT2D eigenvalue weighted by molar-refractivity contribution is 0.00186. The molecule has 0 aliphatic carbocycles. The summed E-state index contributed by atoms with van der Waals surface area (Å²) < 4.78 is 11.0. The molecule has 0 aromatic carbocycles. The number of ether oxygens (including phenoxy) is 1. The first-order valence-electron chi connectivity index (χ1n) is 8.96. The Morgan fingerprint density at radius 1 is 0.958 bits per heavy atom. The lowest BCUT2D eigenvalue weighted by Gasteiger charge is -2.36. The van der Waals surface area contributed by atoms with Crippen molar-refractivity contribution in [3.63, 3.8) is 0 Å². The monoisotopic (exact) mass is 338 g/mol. The molecule has 7 nitrogen and oxygen atoms in total. The van der Waals surface area contributed by atoms with Gasteiger partial charge < -0.3 is 14.3 Å². The fourth-order valence-electron chi connectivity index (χ4n) is 3.37. The van der Waals surface area contributed by atoms with E-state index in [4.69, 9.17) is 9.15 Å². The Hall–Kier alpha value is -0.990. The summed E-state index contributed by atoms with van der Waals surface area (Å²) in [5.41, 5.74) is 0.981. The largest absolute Gasteiger partial charge is 0.444 e. The van der Waals surface area contributed by atoms with Gasteiger partial charge in [0.05, 0.1) is 31.6 Å². The van der Waals surface area contributed by atoms with Crippen molar-refractivity contribution < 1.29 is 14.3 Å². The fourth-order valence-corrected chi connectivity index (χ4v) is 3.37. The van der Waals surface area contributed by atoms with Crippen LogP contribution in [-0.2, 0) is 11.3 Å². The van der Waals surface area contributed by atoms with Crippen molar-refractivity contribution in [2.24, 2.45) is 0 Å². The van der Waals surface area contributed by atoms with Crippen LogP contribution in [0.1, 0.15) is 17.3 Å². The molecule has 2 aliphatic rings. The first-order valence-corrected chi connectivity index (χ1v) is 8.96. The van der Waals surface area contributed by atoms with Crippen LogP contribution in [0.2, 0.25) is 0 Å². The molecule has 2 saturated heterocycles. The van der Waals surface area contributed by atoms with Gasteiger partial charge in [-0.05, 0) is 13.8 Å². The van der Waals surface area contributed by atoms with Crippen LogP contribution in [0, 0.1) is 13.8 Å². The van der Waals surface area contributed by atoms with Crippen LogP contribution in [0.3, 0.4) is 0 Å². The minimum Gasteiger partial charge on any atom is -0.444 e. The number of piperazine rings is 1. The van der Waals surface area contributed by atoms with Gasteiger partial charge >= 0.3 is 0 Å². The Labute approximate surface area is 144 Å². The summed E-state index contributed by atoms with van der Waals surface area (Å²) in [5, 5.41) is 10.3. The van der Waals surface area contributed by atoms with Gasteiger partial charge in [-0.1, -0.05) is 0 Å². The van der Waals surface area contributed by atoms with Crippen molar-refractivity contribution in [1.82, 2.24) is 19.7 Å². The van der Waals surface area contributed by atoms with Gasteiger partial charge in [0.25, 0.3) is 0 Å². The van der Waals surface area contributed by atoms with E-state index in [0.717, 1.165) is 89.5 Å². The standard InChI is InChI=1S/C17H30N4O3/c1-14-15(2)24-17(18-14)13-20-5-3-19(4-6-20)11-16(22)12-21-7-9-23-10-8-21/h16,22H,3-13H2,1-2H3/t16-/m1/s1. The Morgan fingerprint density at radius 2 is 1.54 bits per heavy atom. The van der Waals surface area contributed by atoms with E-state index < -0.39 is 0 Å². The summed E-state index contributed by atoms with van der Waals surface area (Å²) in [6.45, 7) is 13.6. The molecule has 3 rings (SSSR count). The maximum atomic E-state index is 10.3. The second kappa shape index (κ2) is 8.40. The molecule has 0 bridgehead atoms. The minimum atomic E-state index is -0.285. The normalized spacial score (nSPS) is 22.8. The summed E-state index contributed by atoms with van der Waals surface area (Å²) in [6.07, 6.45) is -0.285. The molecular formula is C17H30N4O3. The number of oxazole rings is 1. The van der Waals surface area contributed by atoms with Crippen molar-refractivity contribution in [3.05, 3.63) is 17.3 Å². The van der Waals surface area contributed by atoms with Crippen LogP contribution < -0.4 is 0 Å². The number of aryl methyl sites for hydroxylation is 2. The Kier molecular flexibility index (Phi) is 6.24. The molecule has 0 saturated carbocycles. The molecule has 1 N–H and O–H groups in total. The van der Waals surface area contributed by atoms with Crippen LogP contribution in [0.5, 0.6) is 0 Å². The quantitative estimate of drug-likeness (QED) is 0.789. The van der Waals surface area contributed by atoms with Crippen LogP contribution in [-0.4, -0.2) is 96.5 Å². The summed E-state index contributed by atoms with van der Waals surface area (Å²) in [4.78, 5) is 11.5. The third kappa shape index (κ3) is 5.00. The molecule has 7 heteroatoms. The lowest BCUT2D eigenvalue weighted by Crippen LogP contribution is -2.50. The maximum absolute atomic E-state index is 10.3. The zero-order chi connectivity index (χ0) is 16.9. The summed E-state index contributed by atoms with van der Waals surface area (Å²) in [5.74, 6) is 1.72. The van der Waals surface area contributed by atoms with Gasteiger partial charge in [-0.3, -0.25) is 14.7 Å². The van der Waals surface area contributed by atoms with Crippen molar-refractivity contribution in [2.75, 3.05) is 65.6 Å². The third-order valence-electron chi connectivity index (χ3n) is 4.94. The van der Waals surface area contributed by atoms with Crippen molar-refractivity contribution >= 4 is 0 Å². The summed E-state index contributed by atoms with van der Waals surface area (Å²) >= 11 is 0. The van der Waals surface area contributed by atoms with Gasteiger partial charge in [0.2, 0.25) is 5.89 Å². The number of rotatable bonds is 6. The third-order valence-corrected chi connectivity index (χ3v) is 4.94. The van der Waals surface area contributed by atoms with E-state index in [-0.39, 0.29) is 6.10 Å². The number of hydrogen-bond acceptors (Lipinski definition) is 7. The number of hydrogen-bond donors (Lipinski definition) is 1. The number of aliphatic hydroxyl groups excluding tert-OH is 1. The van der Waals surface area contributed by atoms with E-state index in [1.165, 1.54) is 0 Å². The van der Waals surface area contributed by atoms with Gasteiger partial charge in [0.15, 0.2) is 0 Å². The predicted octanol–water partition coefficient (Wildman–Crippen LogP) is 0.102. The lowest BCUT2D eigenvalue weighted by atomic mass is 10.2. The van der Waals surface area contributed by atoms with Gasteiger partial charge in [0.1, 0.15) is 5.76 Å². The maximum Gasteiger partial charge on any atom is 0.208 e. The highest BCUT2D eigenvalue weighted by Gasteiger charge is 2.22. The van der Waals surface area contributed by atoms with Crippen LogP contribution in [0.15, 0.2) is 4.42 Å². The molecule has 0 amide bonds. The number of morpholine rings is 1. The van der Waals surface area contributed by atoms with E-state index in [9.17, 15) is 5.11 Å². The molecule has 1 aromatic rings. The van der Waals surface area contributed by atoms with E-state index in [2.05, 4.69) is 19.7 Å². The molecule has 1 aromatic heterocycles. The summed E-state index contributed by atoms with van der Waals surface area (Å²) in [6, 6.07) is 0. The first-order chi connectivity index (χ1) is 11.6. The molecule has 0 unspecified atom stereocenters. The molecule has 3 heterocycles. The molecule has 2 fully saturated rings. The molecule has 0 radical (unpaired) electrons. The SMILES string of the molecule is Cc1nc(CN2CCN(C[C@@H](O)CN3CCOCC3)CC2)oc1C. The molecule has 0 spiro atoms. The first kappa shape index (κ1) is 17.8. The number of aliphatic hydroxyl groups is 1. The van der Waals surface area contributed by atoms with Crippen molar-refractivity contribution in [1.29, 1.82) is 0 Å². The molecular weight excluding hydrogens is 308 g/mol. The average Bonchev–Trinajstić information content (AvgIpc) is 2.88. The van der Waals surface area contributed by atoms with Crippen molar-refractivity contribution in [2.45, 2.75) is 26.5 Å². The fraction of sp³-hybridized carbons (Fsp3) is 0.824. The second-order valence-electron chi connectivity index (χ2n) is 6.89. The Morgan fingerprint density at radius 3 is 2.12 bits per heavy atom. The Bertz CT molecular complexity index is 488. The van der Waals surface area contributed by atoms with E-state index in [0.29, 0.717) is 0 Å². The van der Waals surface area contributed by atoms with Gasteiger partial charge in [-0.2, -0.15) is 0 Å². The molecule has 2 aliphatic heterocycles. The number of aromatic nitrogens is 1. The summed E-state index contributed by atoms with van der Waals surface area (Å²) in [7, 11) is 0. The van der Waals surface area contributed by atoms with Crippen LogP contribution >= 0.6 is 0 Å². The van der Waals surface area contributed by atoms with Crippen molar-refractivity contribution in [3.8, 4) is 0 Å². The highest BCUT2D eigenvalue weighted by molar-refractivity contribution is 5.05. The minimum absolute atomic E-state index is 0.285. The highest BCUT2D eigenvalue weighted by atomic mass is 16.5. The van der Waals surface area contributed by atoms with E-state index in [1.807, 2.05) is 13.8 Å². The van der Waals surface area contributed by atoms with Crippen LogP contribution in [0.25, 0.3) is 0 Å². The zero-order valence-corrected chi connectivity index (χ0v) is 14.9. The van der Waals surface area contributed by atoms with Gasteiger partial charge in [0, 0.05) is 52.4 Å². The average molecular weight is 338 g/mol. The topological polar surface area (TPSA) is 65.2 Å². The predicted molar refractivity (Wildman–Crippen MR) is 91.0 cm³/mol. The zero-order valence-electron chi connectivity index (χ0n) is 14.9. The van der Waals surface area contributed by atoms with Crippen LogP contribution in [0.4, 0.5) is 0 Å². The highest BCUT2D eigenvalue weighted by Crippen LogP contribution is 2.12. The smallest absolute Gasteiger partial charge is 0.208 e. The number of nitrogens with zero attached hydrogens (tertiary/aromatic N) is 4. The van der Waals surface area contributed by atoms with E-state index in [1.54, 1.807) is 0 Å². The Balaban J connectivity index is 1.36.